The van der Waals surface area contributed by atoms with Gasteiger partial charge in [-0.05, 0) is 36.3 Å². The van der Waals surface area contributed by atoms with Crippen molar-refractivity contribution in [3.05, 3.63) is 77.0 Å². The predicted octanol–water partition coefficient (Wildman–Crippen LogP) is 3.70. The standard InChI is InChI=1S/C27H29N5O6S/c1-17-10-12-19(13-11-17)39(36,37)38-30-23(32-24(28-18(2)33)16-22(29-32)27(3,4)5)14-15-31-25(34)20-8-6-7-9-21(20)26(31)35/h6-13,16H,14-15H2,1-5H3,(H,28,33). The van der Waals surface area contributed by atoms with Crippen LogP contribution in [0.25, 0.3) is 0 Å². The third-order valence-corrected chi connectivity index (χ3v) is 7.13. The van der Waals surface area contributed by atoms with Gasteiger partial charge in [0.15, 0.2) is 5.84 Å². The van der Waals surface area contributed by atoms with E-state index in [0.29, 0.717) is 5.69 Å². The lowest BCUT2D eigenvalue weighted by Crippen LogP contribution is -2.33. The van der Waals surface area contributed by atoms with Gasteiger partial charge in [-0.3, -0.25) is 23.6 Å². The molecule has 0 spiro atoms. The molecule has 0 atom stereocenters. The van der Waals surface area contributed by atoms with E-state index in [0.717, 1.165) is 10.5 Å². The fraction of sp³-hybridized carbons (Fsp3) is 0.296. The van der Waals surface area contributed by atoms with Crippen LogP contribution >= 0.6 is 0 Å². The van der Waals surface area contributed by atoms with E-state index in [2.05, 4.69) is 15.6 Å². The normalized spacial score (nSPS) is 14.0. The Morgan fingerprint density at radius 3 is 2.15 bits per heavy atom. The number of aryl methyl sites for hydroxylation is 1. The van der Waals surface area contributed by atoms with Gasteiger partial charge in [0.1, 0.15) is 10.7 Å². The van der Waals surface area contributed by atoms with Gasteiger partial charge in [0.2, 0.25) is 5.91 Å². The van der Waals surface area contributed by atoms with Crippen LogP contribution in [0.15, 0.2) is 64.6 Å². The Hall–Kier alpha value is -4.32. The highest BCUT2D eigenvalue weighted by atomic mass is 32.2. The molecule has 1 aromatic heterocycles. The third kappa shape index (κ3) is 5.90. The molecule has 3 amide bonds. The molecule has 0 saturated carbocycles. The van der Waals surface area contributed by atoms with Gasteiger partial charge in [-0.15, -0.1) is 0 Å². The molecule has 12 heteroatoms. The number of amides is 3. The van der Waals surface area contributed by atoms with E-state index in [4.69, 9.17) is 4.28 Å². The lowest BCUT2D eigenvalue weighted by molar-refractivity contribution is -0.114. The van der Waals surface area contributed by atoms with Crippen LogP contribution < -0.4 is 5.32 Å². The average Bonchev–Trinajstić information content (AvgIpc) is 3.39. The molecule has 1 N–H and O–H groups in total. The summed E-state index contributed by atoms with van der Waals surface area (Å²) in [6.07, 6.45) is -0.118. The number of benzene rings is 2. The Kier molecular flexibility index (Phi) is 7.42. The molecule has 0 bridgehead atoms. The van der Waals surface area contributed by atoms with Crippen molar-refractivity contribution >= 4 is 39.5 Å². The van der Waals surface area contributed by atoms with E-state index in [1.54, 1.807) is 42.5 Å². The van der Waals surface area contributed by atoms with Crippen LogP contribution in [0.4, 0.5) is 5.82 Å². The molecular formula is C27H29N5O6S. The molecule has 0 saturated heterocycles. The summed E-state index contributed by atoms with van der Waals surface area (Å²) in [5.74, 6) is -1.14. The first-order chi connectivity index (χ1) is 18.3. The van der Waals surface area contributed by atoms with E-state index in [-0.39, 0.29) is 46.5 Å². The van der Waals surface area contributed by atoms with Crippen molar-refractivity contribution in [3.63, 3.8) is 0 Å². The molecule has 3 aromatic rings. The second-order valence-corrected chi connectivity index (χ2v) is 11.7. The van der Waals surface area contributed by atoms with Crippen LogP contribution in [0.5, 0.6) is 0 Å². The summed E-state index contributed by atoms with van der Waals surface area (Å²) in [6, 6.07) is 14.2. The number of nitrogens with one attached hydrogen (secondary N) is 1. The maximum Gasteiger partial charge on any atom is 0.358 e. The highest BCUT2D eigenvalue weighted by Gasteiger charge is 2.35. The maximum atomic E-state index is 12.9. The highest BCUT2D eigenvalue weighted by Crippen LogP contribution is 2.26. The second kappa shape index (κ2) is 10.4. The first kappa shape index (κ1) is 27.7. The Bertz CT molecular complexity index is 1550. The molecule has 2 heterocycles. The summed E-state index contributed by atoms with van der Waals surface area (Å²) in [4.78, 5) is 38.7. The SMILES string of the molecule is CC(=O)Nc1cc(C(C)(C)C)nn1C(CCN1C(=O)c2ccccc2C1=O)=NOS(=O)(=O)c1ccc(C)cc1. The van der Waals surface area contributed by atoms with Gasteiger partial charge in [-0.2, -0.15) is 18.2 Å². The van der Waals surface area contributed by atoms with E-state index >= 15 is 0 Å². The molecule has 0 fully saturated rings. The van der Waals surface area contributed by atoms with Crippen LogP contribution in [-0.2, 0) is 24.6 Å². The number of nitrogens with zero attached hydrogens (tertiary/aromatic N) is 4. The number of aromatic nitrogens is 2. The van der Waals surface area contributed by atoms with Crippen LogP contribution in [-0.4, -0.2) is 53.2 Å². The van der Waals surface area contributed by atoms with Gasteiger partial charge in [0.05, 0.1) is 16.8 Å². The van der Waals surface area contributed by atoms with E-state index in [1.807, 2.05) is 27.7 Å². The second-order valence-electron chi connectivity index (χ2n) is 10.2. The fourth-order valence-corrected chi connectivity index (χ4v) is 4.64. The molecule has 11 nitrogen and oxygen atoms in total. The molecule has 2 aromatic carbocycles. The van der Waals surface area contributed by atoms with E-state index < -0.39 is 27.3 Å². The summed E-state index contributed by atoms with van der Waals surface area (Å²) in [5.41, 5.74) is 1.59. The van der Waals surface area contributed by atoms with Gasteiger partial charge >= 0.3 is 10.1 Å². The molecule has 204 valence electrons. The zero-order valence-corrected chi connectivity index (χ0v) is 23.1. The number of oxime groups is 1. The van der Waals surface area contributed by atoms with Crippen molar-refractivity contribution in [1.82, 2.24) is 14.7 Å². The van der Waals surface area contributed by atoms with Crippen LogP contribution in [0.2, 0.25) is 0 Å². The Balaban J connectivity index is 1.72. The minimum atomic E-state index is -4.30. The number of carbonyl (C=O) groups is 3. The topological polar surface area (TPSA) is 140 Å². The molecule has 4 rings (SSSR count). The Morgan fingerprint density at radius 2 is 1.62 bits per heavy atom. The van der Waals surface area contributed by atoms with Gasteiger partial charge in [-0.25, -0.2) is 0 Å². The number of rotatable bonds is 7. The highest BCUT2D eigenvalue weighted by molar-refractivity contribution is 7.86. The van der Waals surface area contributed by atoms with Crippen molar-refractivity contribution < 1.29 is 27.1 Å². The average molecular weight is 552 g/mol. The zero-order chi connectivity index (χ0) is 28.5. The molecule has 0 unspecified atom stereocenters. The summed E-state index contributed by atoms with van der Waals surface area (Å²) in [5, 5.41) is 11.1. The van der Waals surface area contributed by atoms with Gasteiger partial charge < -0.3 is 5.32 Å². The summed E-state index contributed by atoms with van der Waals surface area (Å²) >= 11 is 0. The lowest BCUT2D eigenvalue weighted by atomic mass is 9.92. The molecule has 39 heavy (non-hydrogen) atoms. The number of hydrogen-bond donors (Lipinski definition) is 1. The Labute approximate surface area is 226 Å². The Morgan fingerprint density at radius 1 is 1.03 bits per heavy atom. The molecular weight excluding hydrogens is 522 g/mol. The third-order valence-electron chi connectivity index (χ3n) is 6.01. The summed E-state index contributed by atoms with van der Waals surface area (Å²) in [6.45, 7) is 8.77. The van der Waals surface area contributed by atoms with Crippen LogP contribution in [0.1, 0.15) is 66.1 Å². The van der Waals surface area contributed by atoms with Gasteiger partial charge in [-0.1, -0.05) is 50.6 Å². The minimum Gasteiger partial charge on any atom is -0.311 e. The molecule has 0 aliphatic carbocycles. The number of hydrogen-bond acceptors (Lipinski definition) is 8. The molecule has 1 aliphatic rings. The van der Waals surface area contributed by atoms with Crippen molar-refractivity contribution in [3.8, 4) is 0 Å². The largest absolute Gasteiger partial charge is 0.358 e. The monoisotopic (exact) mass is 551 g/mol. The number of carbonyl (C=O) groups excluding carboxylic acids is 3. The summed E-state index contributed by atoms with van der Waals surface area (Å²) in [7, 11) is -4.30. The maximum absolute atomic E-state index is 12.9. The predicted molar refractivity (Wildman–Crippen MR) is 144 cm³/mol. The molecule has 0 radical (unpaired) electrons. The summed E-state index contributed by atoms with van der Waals surface area (Å²) < 4.78 is 32.1. The van der Waals surface area contributed by atoms with E-state index in [1.165, 1.54) is 23.7 Å². The van der Waals surface area contributed by atoms with Gasteiger partial charge in [0, 0.05) is 31.4 Å². The molecule has 1 aliphatic heterocycles. The number of anilines is 1. The minimum absolute atomic E-state index is 0.0403. The van der Waals surface area contributed by atoms with Crippen LogP contribution in [0, 0.1) is 6.92 Å². The van der Waals surface area contributed by atoms with Crippen molar-refractivity contribution in [2.24, 2.45) is 5.16 Å². The smallest absolute Gasteiger partial charge is 0.311 e. The van der Waals surface area contributed by atoms with Crippen molar-refractivity contribution in [2.45, 2.75) is 51.3 Å². The lowest BCUT2D eigenvalue weighted by Gasteiger charge is -2.16. The van der Waals surface area contributed by atoms with Crippen LogP contribution in [0.3, 0.4) is 0 Å². The van der Waals surface area contributed by atoms with Crippen molar-refractivity contribution in [2.75, 3.05) is 11.9 Å². The fourth-order valence-electron chi connectivity index (χ4n) is 3.90. The number of imide groups is 1. The number of fused-ring (bicyclic) bond motifs is 1. The van der Waals surface area contributed by atoms with E-state index in [9.17, 15) is 22.8 Å². The first-order valence-corrected chi connectivity index (χ1v) is 13.6. The zero-order valence-electron chi connectivity index (χ0n) is 22.3. The van der Waals surface area contributed by atoms with Gasteiger partial charge in [0.25, 0.3) is 11.8 Å². The first-order valence-electron chi connectivity index (χ1n) is 12.2. The van der Waals surface area contributed by atoms with Crippen molar-refractivity contribution in [1.29, 1.82) is 0 Å². The quantitative estimate of drug-likeness (QED) is 0.204.